The third-order valence-corrected chi connectivity index (χ3v) is 4.54. The SMILES string of the molecule is CNCC1(c2nc(C3CCCC3)c(C)[nH]2)CC1. The molecule has 0 saturated heterocycles. The molecular formula is C14H23N3. The van der Waals surface area contributed by atoms with Crippen LogP contribution in [0.4, 0.5) is 0 Å². The summed E-state index contributed by atoms with van der Waals surface area (Å²) in [6.45, 7) is 3.25. The number of imidazole rings is 1. The lowest BCUT2D eigenvalue weighted by molar-refractivity contribution is 0.589. The van der Waals surface area contributed by atoms with E-state index in [4.69, 9.17) is 4.98 Å². The second-order valence-electron chi connectivity index (χ2n) is 5.89. The smallest absolute Gasteiger partial charge is 0.114 e. The van der Waals surface area contributed by atoms with Gasteiger partial charge in [-0.1, -0.05) is 12.8 Å². The van der Waals surface area contributed by atoms with Crippen molar-refractivity contribution in [2.75, 3.05) is 13.6 Å². The van der Waals surface area contributed by atoms with E-state index in [1.807, 2.05) is 7.05 Å². The third kappa shape index (κ3) is 1.90. The molecule has 2 fully saturated rings. The number of likely N-dealkylation sites (N-methyl/N-ethyl adjacent to an activating group) is 1. The minimum atomic E-state index is 0.330. The number of H-pyrrole nitrogens is 1. The van der Waals surface area contributed by atoms with Gasteiger partial charge in [-0.2, -0.15) is 0 Å². The van der Waals surface area contributed by atoms with Crippen LogP contribution in [0.1, 0.15) is 61.7 Å². The van der Waals surface area contributed by atoms with Crippen molar-refractivity contribution in [2.24, 2.45) is 0 Å². The lowest BCUT2D eigenvalue weighted by atomic mass is 10.0. The van der Waals surface area contributed by atoms with Crippen molar-refractivity contribution < 1.29 is 0 Å². The standard InChI is InChI=1S/C14H23N3/c1-10-12(11-5-3-4-6-11)17-13(16-10)14(7-8-14)9-15-2/h11,15H,3-9H2,1-2H3,(H,16,17). The van der Waals surface area contributed by atoms with E-state index in [1.54, 1.807) is 0 Å². The molecule has 3 heteroatoms. The zero-order valence-electron chi connectivity index (χ0n) is 11.0. The van der Waals surface area contributed by atoms with Gasteiger partial charge in [-0.15, -0.1) is 0 Å². The lowest BCUT2D eigenvalue weighted by Gasteiger charge is -2.11. The van der Waals surface area contributed by atoms with Crippen molar-refractivity contribution in [3.63, 3.8) is 0 Å². The second-order valence-corrected chi connectivity index (χ2v) is 5.89. The maximum absolute atomic E-state index is 4.95. The Morgan fingerprint density at radius 1 is 1.35 bits per heavy atom. The van der Waals surface area contributed by atoms with Gasteiger partial charge in [0.15, 0.2) is 0 Å². The molecule has 1 aromatic heterocycles. The Morgan fingerprint density at radius 3 is 2.65 bits per heavy atom. The Bertz CT molecular complexity index is 398. The topological polar surface area (TPSA) is 40.7 Å². The van der Waals surface area contributed by atoms with Gasteiger partial charge in [0.05, 0.1) is 5.69 Å². The van der Waals surface area contributed by atoms with Crippen LogP contribution in [-0.4, -0.2) is 23.6 Å². The molecular weight excluding hydrogens is 210 g/mol. The normalized spacial score (nSPS) is 23.2. The van der Waals surface area contributed by atoms with E-state index in [2.05, 4.69) is 17.2 Å². The van der Waals surface area contributed by atoms with Gasteiger partial charge in [0.2, 0.25) is 0 Å². The van der Waals surface area contributed by atoms with E-state index in [9.17, 15) is 0 Å². The molecule has 0 unspecified atom stereocenters. The van der Waals surface area contributed by atoms with Crippen LogP contribution in [0.2, 0.25) is 0 Å². The summed E-state index contributed by atoms with van der Waals surface area (Å²) in [6, 6.07) is 0. The molecule has 0 radical (unpaired) electrons. The van der Waals surface area contributed by atoms with Gasteiger partial charge in [0.25, 0.3) is 0 Å². The molecule has 17 heavy (non-hydrogen) atoms. The number of nitrogens with one attached hydrogen (secondary N) is 2. The molecule has 1 aromatic rings. The van der Waals surface area contributed by atoms with Gasteiger partial charge in [-0.3, -0.25) is 0 Å². The highest BCUT2D eigenvalue weighted by Gasteiger charge is 2.46. The van der Waals surface area contributed by atoms with Crippen molar-refractivity contribution in [3.05, 3.63) is 17.2 Å². The van der Waals surface area contributed by atoms with Crippen LogP contribution in [-0.2, 0) is 5.41 Å². The van der Waals surface area contributed by atoms with Crippen LogP contribution < -0.4 is 5.32 Å². The molecule has 2 aliphatic carbocycles. The fourth-order valence-electron chi connectivity index (χ4n) is 3.31. The highest BCUT2D eigenvalue weighted by Crippen LogP contribution is 2.47. The van der Waals surface area contributed by atoms with Crippen molar-refractivity contribution in [2.45, 2.75) is 56.8 Å². The molecule has 3 rings (SSSR count). The number of hydrogen-bond acceptors (Lipinski definition) is 2. The summed E-state index contributed by atoms with van der Waals surface area (Å²) in [5.41, 5.74) is 3.00. The first-order valence-electron chi connectivity index (χ1n) is 6.97. The predicted molar refractivity (Wildman–Crippen MR) is 69.4 cm³/mol. The molecule has 2 N–H and O–H groups in total. The van der Waals surface area contributed by atoms with Crippen molar-refractivity contribution in [1.82, 2.24) is 15.3 Å². The Hall–Kier alpha value is -0.830. The number of aromatic amines is 1. The Balaban J connectivity index is 1.85. The number of hydrogen-bond donors (Lipinski definition) is 2. The van der Waals surface area contributed by atoms with Crippen molar-refractivity contribution >= 4 is 0 Å². The largest absolute Gasteiger partial charge is 0.345 e. The highest BCUT2D eigenvalue weighted by molar-refractivity contribution is 5.27. The van der Waals surface area contributed by atoms with Gasteiger partial charge in [0.1, 0.15) is 5.82 Å². The predicted octanol–water partition coefficient (Wildman–Crippen LogP) is 2.63. The first-order valence-corrected chi connectivity index (χ1v) is 6.97. The monoisotopic (exact) mass is 233 g/mol. The van der Waals surface area contributed by atoms with Crippen LogP contribution in [0.25, 0.3) is 0 Å². The summed E-state index contributed by atoms with van der Waals surface area (Å²) in [6.07, 6.45) is 8.01. The molecule has 2 aliphatic rings. The number of rotatable bonds is 4. The first-order chi connectivity index (χ1) is 8.25. The molecule has 2 saturated carbocycles. The van der Waals surface area contributed by atoms with E-state index in [0.717, 1.165) is 12.5 Å². The van der Waals surface area contributed by atoms with Gasteiger partial charge in [-0.05, 0) is 39.7 Å². The molecule has 0 aliphatic heterocycles. The van der Waals surface area contributed by atoms with Crippen LogP contribution in [0, 0.1) is 6.92 Å². The van der Waals surface area contributed by atoms with Gasteiger partial charge < -0.3 is 10.3 Å². The van der Waals surface area contributed by atoms with Crippen LogP contribution in [0.3, 0.4) is 0 Å². The molecule has 3 nitrogen and oxygen atoms in total. The number of aromatic nitrogens is 2. The Labute approximate surface area is 103 Å². The summed E-state index contributed by atoms with van der Waals surface area (Å²) >= 11 is 0. The average Bonchev–Trinajstić information content (AvgIpc) is 2.78. The van der Waals surface area contributed by atoms with E-state index in [-0.39, 0.29) is 0 Å². The molecule has 0 amide bonds. The van der Waals surface area contributed by atoms with Crippen molar-refractivity contribution in [3.8, 4) is 0 Å². The Kier molecular flexibility index (Phi) is 2.74. The third-order valence-electron chi connectivity index (χ3n) is 4.54. The lowest BCUT2D eigenvalue weighted by Crippen LogP contribution is -2.24. The van der Waals surface area contributed by atoms with Crippen LogP contribution >= 0.6 is 0 Å². The highest BCUT2D eigenvalue weighted by atomic mass is 15.0. The quantitative estimate of drug-likeness (QED) is 0.839. The minimum Gasteiger partial charge on any atom is -0.345 e. The summed E-state index contributed by atoms with van der Waals surface area (Å²) in [4.78, 5) is 8.51. The van der Waals surface area contributed by atoms with Crippen molar-refractivity contribution in [1.29, 1.82) is 0 Å². The molecule has 0 atom stereocenters. The zero-order valence-corrected chi connectivity index (χ0v) is 11.0. The van der Waals surface area contributed by atoms with Gasteiger partial charge in [0, 0.05) is 23.6 Å². The Morgan fingerprint density at radius 2 is 2.06 bits per heavy atom. The molecule has 0 aromatic carbocycles. The minimum absolute atomic E-state index is 0.330. The summed E-state index contributed by atoms with van der Waals surface area (Å²) in [7, 11) is 2.04. The fourth-order valence-corrected chi connectivity index (χ4v) is 3.31. The first kappa shape index (κ1) is 11.3. The van der Waals surface area contributed by atoms with E-state index in [0.29, 0.717) is 5.41 Å². The summed E-state index contributed by atoms with van der Waals surface area (Å²) < 4.78 is 0. The second kappa shape index (κ2) is 4.13. The summed E-state index contributed by atoms with van der Waals surface area (Å²) in [5, 5.41) is 3.31. The zero-order chi connectivity index (χ0) is 11.9. The molecule has 0 bridgehead atoms. The van der Waals surface area contributed by atoms with Crippen LogP contribution in [0.5, 0.6) is 0 Å². The van der Waals surface area contributed by atoms with Gasteiger partial charge >= 0.3 is 0 Å². The fraction of sp³-hybridized carbons (Fsp3) is 0.786. The van der Waals surface area contributed by atoms with Gasteiger partial charge in [-0.25, -0.2) is 4.98 Å². The molecule has 1 heterocycles. The maximum atomic E-state index is 4.95. The maximum Gasteiger partial charge on any atom is 0.114 e. The van der Waals surface area contributed by atoms with E-state index >= 15 is 0 Å². The number of aryl methyl sites for hydroxylation is 1. The molecule has 94 valence electrons. The summed E-state index contributed by atoms with van der Waals surface area (Å²) in [5.74, 6) is 1.97. The van der Waals surface area contributed by atoms with E-state index < -0.39 is 0 Å². The van der Waals surface area contributed by atoms with E-state index in [1.165, 1.54) is 55.7 Å². The van der Waals surface area contributed by atoms with Crippen LogP contribution in [0.15, 0.2) is 0 Å². The number of nitrogens with zero attached hydrogens (tertiary/aromatic N) is 1. The average molecular weight is 233 g/mol. The molecule has 0 spiro atoms.